The second kappa shape index (κ2) is 9.36. The van der Waals surface area contributed by atoms with Gasteiger partial charge in [-0.2, -0.15) is 0 Å². The molecule has 0 saturated carbocycles. The molecule has 0 saturated heterocycles. The van der Waals surface area contributed by atoms with Crippen LogP contribution in [-0.2, 0) is 16.0 Å². The number of hydrogen-bond donors (Lipinski definition) is 3. The maximum absolute atomic E-state index is 12.5. The van der Waals surface area contributed by atoms with Gasteiger partial charge < -0.3 is 15.7 Å². The molecule has 0 spiro atoms. The molecular formula is C20H22N2O4. The minimum absolute atomic E-state index is 0.233. The number of rotatable bonds is 8. The maximum Gasteiger partial charge on any atom is 0.326 e. The van der Waals surface area contributed by atoms with Crippen molar-refractivity contribution < 1.29 is 19.5 Å². The van der Waals surface area contributed by atoms with Crippen LogP contribution in [0.5, 0.6) is 0 Å². The molecular weight excluding hydrogens is 332 g/mol. The molecule has 1 atom stereocenters. The summed E-state index contributed by atoms with van der Waals surface area (Å²) in [7, 11) is 0. The molecule has 2 rings (SSSR count). The van der Waals surface area contributed by atoms with Gasteiger partial charge in [-0.05, 0) is 37.0 Å². The third kappa shape index (κ3) is 5.73. The summed E-state index contributed by atoms with van der Waals surface area (Å²) < 4.78 is 0. The van der Waals surface area contributed by atoms with E-state index in [0.717, 1.165) is 12.0 Å². The molecule has 0 fully saturated rings. The van der Waals surface area contributed by atoms with E-state index in [4.69, 9.17) is 0 Å². The summed E-state index contributed by atoms with van der Waals surface area (Å²) in [5.74, 6) is -1.91. The first-order valence-electron chi connectivity index (χ1n) is 8.41. The zero-order valence-electron chi connectivity index (χ0n) is 14.6. The predicted octanol–water partition coefficient (Wildman–Crippen LogP) is 2.85. The summed E-state index contributed by atoms with van der Waals surface area (Å²) in [5.41, 5.74) is 1.71. The normalized spacial score (nSPS) is 11.4. The van der Waals surface area contributed by atoms with Gasteiger partial charge in [-0.3, -0.25) is 9.59 Å². The molecule has 6 heteroatoms. The van der Waals surface area contributed by atoms with Crippen molar-refractivity contribution in [2.45, 2.75) is 32.2 Å². The van der Waals surface area contributed by atoms with Crippen LogP contribution < -0.4 is 10.6 Å². The van der Waals surface area contributed by atoms with Crippen LogP contribution in [0, 0.1) is 0 Å². The second-order valence-electron chi connectivity index (χ2n) is 5.97. The number of anilines is 1. The fraction of sp³-hybridized carbons (Fsp3) is 0.250. The first-order valence-corrected chi connectivity index (χ1v) is 8.41. The van der Waals surface area contributed by atoms with Crippen molar-refractivity contribution >= 4 is 23.5 Å². The van der Waals surface area contributed by atoms with Crippen LogP contribution in [-0.4, -0.2) is 28.9 Å². The lowest BCUT2D eigenvalue weighted by atomic mass is 10.0. The molecule has 26 heavy (non-hydrogen) atoms. The van der Waals surface area contributed by atoms with E-state index in [9.17, 15) is 19.5 Å². The van der Waals surface area contributed by atoms with Crippen molar-refractivity contribution in [3.05, 3.63) is 65.7 Å². The number of hydrogen-bond acceptors (Lipinski definition) is 3. The number of carboxylic acids is 1. The monoisotopic (exact) mass is 354 g/mol. The molecule has 0 aromatic heterocycles. The van der Waals surface area contributed by atoms with E-state index in [-0.39, 0.29) is 11.5 Å². The van der Waals surface area contributed by atoms with Crippen molar-refractivity contribution in [1.82, 2.24) is 5.32 Å². The van der Waals surface area contributed by atoms with Crippen LogP contribution in [0.4, 0.5) is 5.69 Å². The molecule has 0 heterocycles. The minimum Gasteiger partial charge on any atom is -0.480 e. The first-order chi connectivity index (χ1) is 12.5. The second-order valence-corrected chi connectivity index (χ2v) is 5.97. The highest BCUT2D eigenvalue weighted by molar-refractivity contribution is 6.04. The highest BCUT2D eigenvalue weighted by Crippen LogP contribution is 2.16. The smallest absolute Gasteiger partial charge is 0.326 e. The fourth-order valence-electron chi connectivity index (χ4n) is 2.63. The third-order valence-electron chi connectivity index (χ3n) is 3.89. The Morgan fingerprint density at radius 1 is 1.00 bits per heavy atom. The van der Waals surface area contributed by atoms with Crippen molar-refractivity contribution in [2.24, 2.45) is 0 Å². The van der Waals surface area contributed by atoms with E-state index in [1.807, 2.05) is 30.3 Å². The third-order valence-corrected chi connectivity index (χ3v) is 3.89. The van der Waals surface area contributed by atoms with Gasteiger partial charge in [0, 0.05) is 6.92 Å². The van der Waals surface area contributed by atoms with Gasteiger partial charge >= 0.3 is 5.97 Å². The summed E-state index contributed by atoms with van der Waals surface area (Å²) in [6.45, 7) is 1.35. The van der Waals surface area contributed by atoms with Gasteiger partial charge in [-0.25, -0.2) is 4.79 Å². The molecule has 2 aromatic rings. The molecule has 0 bridgehead atoms. The highest BCUT2D eigenvalue weighted by Gasteiger charge is 2.21. The number of aryl methyl sites for hydroxylation is 1. The van der Waals surface area contributed by atoms with Gasteiger partial charge in [-0.15, -0.1) is 0 Å². The molecule has 0 aliphatic rings. The predicted molar refractivity (Wildman–Crippen MR) is 99.0 cm³/mol. The van der Waals surface area contributed by atoms with Crippen LogP contribution in [0.2, 0.25) is 0 Å². The van der Waals surface area contributed by atoms with Crippen LogP contribution in [0.15, 0.2) is 54.6 Å². The van der Waals surface area contributed by atoms with Crippen molar-refractivity contribution in [1.29, 1.82) is 0 Å². The highest BCUT2D eigenvalue weighted by atomic mass is 16.4. The number of nitrogens with one attached hydrogen (secondary N) is 2. The SMILES string of the molecule is CC(=O)Nc1ccccc1C(=O)N[C@H](CCCc1ccccc1)C(=O)O. The van der Waals surface area contributed by atoms with E-state index in [1.165, 1.54) is 6.92 Å². The minimum atomic E-state index is -1.08. The van der Waals surface area contributed by atoms with E-state index in [0.29, 0.717) is 18.5 Å². The lowest BCUT2D eigenvalue weighted by molar-refractivity contribution is -0.139. The largest absolute Gasteiger partial charge is 0.480 e. The number of carbonyl (C=O) groups excluding carboxylic acids is 2. The molecule has 136 valence electrons. The van der Waals surface area contributed by atoms with E-state index < -0.39 is 17.9 Å². The first kappa shape index (κ1) is 19.2. The number of amides is 2. The Morgan fingerprint density at radius 3 is 2.31 bits per heavy atom. The Hall–Kier alpha value is -3.15. The molecule has 0 unspecified atom stereocenters. The topological polar surface area (TPSA) is 95.5 Å². The summed E-state index contributed by atoms with van der Waals surface area (Å²) in [5, 5.41) is 14.5. The number of carbonyl (C=O) groups is 3. The summed E-state index contributed by atoms with van der Waals surface area (Å²) >= 11 is 0. The zero-order valence-corrected chi connectivity index (χ0v) is 14.6. The lowest BCUT2D eigenvalue weighted by Crippen LogP contribution is -2.41. The summed E-state index contributed by atoms with van der Waals surface area (Å²) in [4.78, 5) is 35.2. The van der Waals surface area contributed by atoms with Gasteiger partial charge in [-0.1, -0.05) is 42.5 Å². The lowest BCUT2D eigenvalue weighted by Gasteiger charge is -2.16. The average molecular weight is 354 g/mol. The standard InChI is InChI=1S/C20H22N2O4/c1-14(23)21-17-12-6-5-11-16(17)19(24)22-18(20(25)26)13-7-10-15-8-3-2-4-9-15/h2-6,8-9,11-12,18H,7,10,13H2,1H3,(H,21,23)(H,22,24)(H,25,26)/t18-/m1/s1. The quantitative estimate of drug-likeness (QED) is 0.679. The Morgan fingerprint density at radius 2 is 1.65 bits per heavy atom. The molecule has 2 aromatic carbocycles. The maximum atomic E-state index is 12.5. The fourth-order valence-corrected chi connectivity index (χ4v) is 2.63. The Balaban J connectivity index is 2.00. The van der Waals surface area contributed by atoms with Gasteiger partial charge in [0.2, 0.25) is 5.91 Å². The van der Waals surface area contributed by atoms with Gasteiger partial charge in [0.05, 0.1) is 11.3 Å². The van der Waals surface area contributed by atoms with Crippen LogP contribution in [0.1, 0.15) is 35.7 Å². The molecule has 0 aliphatic carbocycles. The van der Waals surface area contributed by atoms with Crippen LogP contribution in [0.25, 0.3) is 0 Å². The summed E-state index contributed by atoms with van der Waals surface area (Å²) in [6, 6.07) is 15.3. The number of aliphatic carboxylic acids is 1. The molecule has 0 aliphatic heterocycles. The molecule has 3 N–H and O–H groups in total. The van der Waals surface area contributed by atoms with E-state index in [1.54, 1.807) is 24.3 Å². The Labute approximate surface area is 152 Å². The van der Waals surface area contributed by atoms with E-state index in [2.05, 4.69) is 10.6 Å². The molecule has 6 nitrogen and oxygen atoms in total. The zero-order chi connectivity index (χ0) is 18.9. The van der Waals surface area contributed by atoms with Crippen molar-refractivity contribution in [3.63, 3.8) is 0 Å². The number of benzene rings is 2. The van der Waals surface area contributed by atoms with Crippen LogP contribution >= 0.6 is 0 Å². The molecule has 2 amide bonds. The van der Waals surface area contributed by atoms with Crippen molar-refractivity contribution in [3.8, 4) is 0 Å². The number of carboxylic acid groups (broad SMARTS) is 1. The Kier molecular flexibility index (Phi) is 6.91. The van der Waals surface area contributed by atoms with Crippen molar-refractivity contribution in [2.75, 3.05) is 5.32 Å². The summed E-state index contributed by atoms with van der Waals surface area (Å²) in [6.07, 6.45) is 1.69. The van der Waals surface area contributed by atoms with Gasteiger partial charge in [0.1, 0.15) is 6.04 Å². The number of para-hydroxylation sites is 1. The van der Waals surface area contributed by atoms with Gasteiger partial charge in [0.15, 0.2) is 0 Å². The van der Waals surface area contributed by atoms with Gasteiger partial charge in [0.25, 0.3) is 5.91 Å². The van der Waals surface area contributed by atoms with E-state index >= 15 is 0 Å². The molecule has 0 radical (unpaired) electrons. The van der Waals surface area contributed by atoms with Crippen LogP contribution in [0.3, 0.4) is 0 Å². The average Bonchev–Trinajstić information content (AvgIpc) is 2.61. The Bertz CT molecular complexity index is 774.